The van der Waals surface area contributed by atoms with Crippen LogP contribution in [0.15, 0.2) is 36.4 Å². The molecule has 3 rings (SSSR count). The lowest BCUT2D eigenvalue weighted by atomic mass is 10.0. The molecule has 0 saturated heterocycles. The van der Waals surface area contributed by atoms with Crippen LogP contribution in [0.25, 0.3) is 0 Å². The van der Waals surface area contributed by atoms with E-state index in [9.17, 15) is 4.79 Å². The molecule has 0 radical (unpaired) electrons. The molecule has 1 atom stereocenters. The Kier molecular flexibility index (Phi) is 3.28. The lowest BCUT2D eigenvalue weighted by Crippen LogP contribution is -2.20. The highest BCUT2D eigenvalue weighted by molar-refractivity contribution is 6.30. The minimum absolute atomic E-state index is 0.139. The largest absolute Gasteiger partial charge is 0.369 e. The van der Waals surface area contributed by atoms with Crippen molar-refractivity contribution in [2.24, 2.45) is 0 Å². The zero-order chi connectivity index (χ0) is 15.0. The molecule has 2 aromatic rings. The van der Waals surface area contributed by atoms with Gasteiger partial charge >= 0.3 is 0 Å². The first-order chi connectivity index (χ1) is 10.1. The van der Waals surface area contributed by atoms with Gasteiger partial charge in [-0.2, -0.15) is 5.26 Å². The molecule has 0 saturated carbocycles. The van der Waals surface area contributed by atoms with E-state index in [-0.39, 0.29) is 5.91 Å². The van der Waals surface area contributed by atoms with Gasteiger partial charge in [-0.15, -0.1) is 0 Å². The number of amides is 1. The fourth-order valence-electron chi connectivity index (χ4n) is 2.41. The lowest BCUT2D eigenvalue weighted by molar-refractivity contribution is -0.116. The number of hydrogen-bond donors (Lipinski definition) is 2. The molecule has 1 unspecified atom stereocenters. The Balaban J connectivity index is 2.00. The van der Waals surface area contributed by atoms with Crippen LogP contribution < -0.4 is 10.6 Å². The minimum atomic E-state index is -0.523. The number of fused-ring (bicyclic) bond motifs is 1. The summed E-state index contributed by atoms with van der Waals surface area (Å²) in [6.45, 7) is 1.97. The average Bonchev–Trinajstić information content (AvgIpc) is 2.75. The van der Waals surface area contributed by atoms with Crippen molar-refractivity contribution in [2.45, 2.75) is 13.0 Å². The molecule has 2 aromatic carbocycles. The molecule has 1 aliphatic heterocycles. The topological polar surface area (TPSA) is 64.9 Å². The second-order valence-corrected chi connectivity index (χ2v) is 5.40. The summed E-state index contributed by atoms with van der Waals surface area (Å²) in [6, 6.07) is 12.3. The van der Waals surface area contributed by atoms with Crippen LogP contribution in [0.2, 0.25) is 5.02 Å². The third kappa shape index (κ3) is 2.44. The lowest BCUT2D eigenvalue weighted by Gasteiger charge is -2.14. The van der Waals surface area contributed by atoms with Gasteiger partial charge in [0.25, 0.3) is 5.91 Å². The summed E-state index contributed by atoms with van der Waals surface area (Å²) in [5.74, 6) is -0.139. The van der Waals surface area contributed by atoms with Gasteiger partial charge in [-0.05, 0) is 31.2 Å². The zero-order valence-electron chi connectivity index (χ0n) is 11.3. The number of aryl methyl sites for hydroxylation is 1. The van der Waals surface area contributed by atoms with E-state index < -0.39 is 6.04 Å². The molecule has 1 heterocycles. The molecule has 5 heteroatoms. The molecular formula is C16H12ClN3O. The maximum absolute atomic E-state index is 12.1. The van der Waals surface area contributed by atoms with Crippen LogP contribution in [0.4, 0.5) is 11.4 Å². The Morgan fingerprint density at radius 3 is 2.86 bits per heavy atom. The van der Waals surface area contributed by atoms with Crippen molar-refractivity contribution in [1.82, 2.24) is 0 Å². The van der Waals surface area contributed by atoms with Crippen molar-refractivity contribution in [3.63, 3.8) is 0 Å². The van der Waals surface area contributed by atoms with Crippen LogP contribution in [0.3, 0.4) is 0 Å². The van der Waals surface area contributed by atoms with Gasteiger partial charge in [-0.3, -0.25) is 4.79 Å². The summed E-state index contributed by atoms with van der Waals surface area (Å²) in [5.41, 5.74) is 3.75. The summed E-state index contributed by atoms with van der Waals surface area (Å²) in [6.07, 6.45) is 0. The molecule has 21 heavy (non-hydrogen) atoms. The maximum atomic E-state index is 12.1. The quantitative estimate of drug-likeness (QED) is 0.889. The zero-order valence-corrected chi connectivity index (χ0v) is 12.0. The maximum Gasteiger partial charge on any atom is 0.251 e. The fraction of sp³-hybridized carbons (Fsp3) is 0.125. The smallest absolute Gasteiger partial charge is 0.251 e. The average molecular weight is 298 g/mol. The van der Waals surface area contributed by atoms with Gasteiger partial charge in [-0.1, -0.05) is 29.3 Å². The molecule has 104 valence electrons. The van der Waals surface area contributed by atoms with Crippen molar-refractivity contribution in [3.8, 4) is 6.07 Å². The minimum Gasteiger partial charge on any atom is -0.369 e. The summed E-state index contributed by atoms with van der Waals surface area (Å²) in [4.78, 5) is 12.1. The Bertz CT molecular complexity index is 780. The standard InChI is InChI=1S/C16H12ClN3O/c1-9-2-5-13-12(6-9)15(16(21)20-13)19-14-7-11(17)4-3-10(14)8-18/h2-7,15,19H,1H3,(H,20,21). The second-order valence-electron chi connectivity index (χ2n) is 4.96. The van der Waals surface area contributed by atoms with E-state index in [4.69, 9.17) is 16.9 Å². The van der Waals surface area contributed by atoms with Crippen molar-refractivity contribution < 1.29 is 4.79 Å². The molecule has 0 spiro atoms. The number of carbonyl (C=O) groups excluding carboxylic acids is 1. The second kappa shape index (κ2) is 5.12. The van der Waals surface area contributed by atoms with Gasteiger partial charge in [0.2, 0.25) is 0 Å². The Hall–Kier alpha value is -2.51. The van der Waals surface area contributed by atoms with Gasteiger partial charge < -0.3 is 10.6 Å². The number of nitrogens with one attached hydrogen (secondary N) is 2. The molecule has 0 fully saturated rings. The normalized spacial score (nSPS) is 16.0. The first kappa shape index (κ1) is 13.5. The summed E-state index contributed by atoms with van der Waals surface area (Å²) in [7, 11) is 0. The van der Waals surface area contributed by atoms with E-state index in [1.807, 2.05) is 25.1 Å². The van der Waals surface area contributed by atoms with E-state index >= 15 is 0 Å². The summed E-state index contributed by atoms with van der Waals surface area (Å²) >= 11 is 5.97. The summed E-state index contributed by atoms with van der Waals surface area (Å²) < 4.78 is 0. The fourth-order valence-corrected chi connectivity index (χ4v) is 2.59. The number of hydrogen-bond acceptors (Lipinski definition) is 3. The highest BCUT2D eigenvalue weighted by Crippen LogP contribution is 2.35. The van der Waals surface area contributed by atoms with Crippen LogP contribution in [-0.4, -0.2) is 5.91 Å². The highest BCUT2D eigenvalue weighted by atomic mass is 35.5. The van der Waals surface area contributed by atoms with Crippen molar-refractivity contribution in [2.75, 3.05) is 10.6 Å². The highest BCUT2D eigenvalue weighted by Gasteiger charge is 2.30. The van der Waals surface area contributed by atoms with Gasteiger partial charge in [0.1, 0.15) is 12.1 Å². The molecule has 2 N–H and O–H groups in total. The molecule has 0 bridgehead atoms. The van der Waals surface area contributed by atoms with Crippen LogP contribution in [0, 0.1) is 18.3 Å². The van der Waals surface area contributed by atoms with Crippen LogP contribution >= 0.6 is 11.6 Å². The van der Waals surface area contributed by atoms with Gasteiger partial charge in [0.05, 0.1) is 11.3 Å². The molecule has 1 amide bonds. The Labute approximate surface area is 127 Å². The van der Waals surface area contributed by atoms with E-state index in [1.54, 1.807) is 18.2 Å². The Morgan fingerprint density at radius 1 is 1.29 bits per heavy atom. The first-order valence-electron chi connectivity index (χ1n) is 6.46. The predicted octanol–water partition coefficient (Wildman–Crippen LogP) is 3.63. The van der Waals surface area contributed by atoms with Crippen molar-refractivity contribution in [3.05, 3.63) is 58.1 Å². The van der Waals surface area contributed by atoms with Crippen molar-refractivity contribution in [1.29, 1.82) is 5.26 Å². The number of halogens is 1. The number of nitrogens with zero attached hydrogens (tertiary/aromatic N) is 1. The van der Waals surface area contributed by atoms with E-state index in [0.717, 1.165) is 16.8 Å². The molecular weight excluding hydrogens is 286 g/mol. The molecule has 0 aliphatic carbocycles. The van der Waals surface area contributed by atoms with Gasteiger partial charge in [-0.25, -0.2) is 0 Å². The molecule has 1 aliphatic rings. The number of nitriles is 1. The van der Waals surface area contributed by atoms with E-state index in [2.05, 4.69) is 16.7 Å². The SMILES string of the molecule is Cc1ccc2c(c1)C(Nc1cc(Cl)ccc1C#N)C(=O)N2. The number of anilines is 2. The number of benzene rings is 2. The Morgan fingerprint density at radius 2 is 2.10 bits per heavy atom. The number of carbonyl (C=O) groups is 1. The van der Waals surface area contributed by atoms with Gasteiger partial charge in [0, 0.05) is 16.3 Å². The van der Waals surface area contributed by atoms with Gasteiger partial charge in [0.15, 0.2) is 0 Å². The third-order valence-corrected chi connectivity index (χ3v) is 3.68. The van der Waals surface area contributed by atoms with Crippen molar-refractivity contribution >= 4 is 28.9 Å². The van der Waals surface area contributed by atoms with Crippen LogP contribution in [0.5, 0.6) is 0 Å². The predicted molar refractivity (Wildman–Crippen MR) is 82.3 cm³/mol. The monoisotopic (exact) mass is 297 g/mol. The van der Waals surface area contributed by atoms with Crippen LogP contribution in [-0.2, 0) is 4.79 Å². The molecule has 0 aromatic heterocycles. The first-order valence-corrected chi connectivity index (χ1v) is 6.84. The van der Waals surface area contributed by atoms with Crippen LogP contribution in [0.1, 0.15) is 22.7 Å². The summed E-state index contributed by atoms with van der Waals surface area (Å²) in [5, 5.41) is 15.6. The molecule has 4 nitrogen and oxygen atoms in total. The van der Waals surface area contributed by atoms with E-state index in [1.165, 1.54) is 0 Å². The van der Waals surface area contributed by atoms with E-state index in [0.29, 0.717) is 16.3 Å². The third-order valence-electron chi connectivity index (χ3n) is 3.44. The number of rotatable bonds is 2.